The lowest BCUT2D eigenvalue weighted by atomic mass is 10.5. The van der Waals surface area contributed by atoms with Crippen LogP contribution in [-0.2, 0) is 29.7 Å². The van der Waals surface area contributed by atoms with E-state index < -0.39 is 59.2 Å². The minimum atomic E-state index is -2.77. The number of hydrogen-bond donors (Lipinski definition) is 0. The fourth-order valence-electron chi connectivity index (χ4n) is 4.61. The molecule has 0 aromatic heterocycles. The molecule has 41 heavy (non-hydrogen) atoms. The third kappa shape index (κ3) is 14.7. The van der Waals surface area contributed by atoms with Gasteiger partial charge in [0.2, 0.25) is 25.0 Å². The van der Waals surface area contributed by atoms with Crippen LogP contribution >= 0.6 is 0 Å². The zero-order valence-corrected chi connectivity index (χ0v) is 34.9. The maximum Gasteiger partial charge on any atom is 0.343 e. The van der Waals surface area contributed by atoms with Gasteiger partial charge in [-0.3, -0.25) is 0 Å². The van der Waals surface area contributed by atoms with Gasteiger partial charge >= 0.3 is 34.2 Å². The van der Waals surface area contributed by atoms with Crippen LogP contribution < -0.4 is 0 Å². The lowest BCUT2D eigenvalue weighted by Gasteiger charge is -2.49. The molecule has 1 fully saturated rings. The fraction of sp³-hybridized carbons (Fsp3) is 0.704. The van der Waals surface area contributed by atoms with E-state index in [-0.39, 0.29) is 0 Å². The van der Waals surface area contributed by atoms with Crippen molar-refractivity contribution in [3.8, 4) is 0 Å². The molecule has 14 heteroatoms. The van der Waals surface area contributed by atoms with Gasteiger partial charge < -0.3 is 29.7 Å². The molecule has 0 aromatic carbocycles. The standard InChI is InChI=1S/C27H60O7Si7/c1-15-35(5,6)28-22-19-25-39(12)31-38(11,18-4)32-40(13,26-20-23-29-36(7,8)16-2)34-41(14,33-39)27-21-24-30-37(9,10)17-3/h15-18H,1-4,19-27H2,5-14H3. The van der Waals surface area contributed by atoms with Crippen molar-refractivity contribution in [3.63, 3.8) is 0 Å². The molecule has 1 aliphatic heterocycles. The molecule has 1 rings (SSSR count). The van der Waals surface area contributed by atoms with Crippen molar-refractivity contribution < 1.29 is 29.7 Å². The molecule has 0 saturated carbocycles. The lowest BCUT2D eigenvalue weighted by molar-refractivity contribution is 0.218. The highest BCUT2D eigenvalue weighted by Gasteiger charge is 2.55. The summed E-state index contributed by atoms with van der Waals surface area (Å²) in [5, 5.41) is 0. The Morgan fingerprint density at radius 3 is 1.02 bits per heavy atom. The first-order valence-electron chi connectivity index (χ1n) is 15.0. The second-order valence-electron chi connectivity index (χ2n) is 13.3. The SMILES string of the molecule is C=C[Si](C)(C)OCCC[Si]1(C)O[Si](C)(C=C)O[Si](C)(CCCO[Si](C)(C)C=C)O[Si](C)(CCCO[Si](C)(C)C=C)O1. The summed E-state index contributed by atoms with van der Waals surface area (Å²) < 4.78 is 46.9. The molecule has 0 bridgehead atoms. The molecule has 2 unspecified atom stereocenters. The zero-order chi connectivity index (χ0) is 31.6. The molecular formula is C27H60O7Si7. The molecule has 0 radical (unpaired) electrons. The smallest absolute Gasteiger partial charge is 0.343 e. The summed E-state index contributed by atoms with van der Waals surface area (Å²) in [6.07, 6.45) is 2.58. The minimum absolute atomic E-state index is 0.666. The van der Waals surface area contributed by atoms with E-state index in [1.54, 1.807) is 0 Å². The first kappa shape index (κ1) is 39.2. The Morgan fingerprint density at radius 1 is 0.512 bits per heavy atom. The van der Waals surface area contributed by atoms with E-state index in [2.05, 4.69) is 91.8 Å². The Bertz CT molecular complexity index is 840. The van der Waals surface area contributed by atoms with Crippen LogP contribution in [0.25, 0.3) is 0 Å². The second-order valence-corrected chi connectivity index (χ2v) is 39.0. The maximum absolute atomic E-state index is 7.16. The highest BCUT2D eigenvalue weighted by molar-refractivity contribution is 6.95. The summed E-state index contributed by atoms with van der Waals surface area (Å²) in [4.78, 5) is 0. The highest BCUT2D eigenvalue weighted by Crippen LogP contribution is 2.37. The van der Waals surface area contributed by atoms with Crippen molar-refractivity contribution in [1.29, 1.82) is 0 Å². The summed E-state index contributed by atoms with van der Waals surface area (Å²) in [5.41, 5.74) is 7.81. The van der Waals surface area contributed by atoms with Gasteiger partial charge in [-0.05, 0) is 103 Å². The van der Waals surface area contributed by atoms with Crippen LogP contribution in [0.3, 0.4) is 0 Å². The van der Waals surface area contributed by atoms with Gasteiger partial charge in [-0.15, -0.1) is 26.3 Å². The van der Waals surface area contributed by atoms with Crippen molar-refractivity contribution >= 4 is 59.2 Å². The van der Waals surface area contributed by atoms with E-state index in [1.807, 2.05) is 22.8 Å². The third-order valence-corrected chi connectivity index (χ3v) is 31.2. The van der Waals surface area contributed by atoms with Crippen LogP contribution in [-0.4, -0.2) is 79.0 Å². The monoisotopic (exact) mass is 692 g/mol. The van der Waals surface area contributed by atoms with Gasteiger partial charge in [-0.1, -0.05) is 22.8 Å². The maximum atomic E-state index is 7.16. The van der Waals surface area contributed by atoms with E-state index in [1.165, 1.54) is 0 Å². The fourth-order valence-corrected chi connectivity index (χ4v) is 28.8. The Morgan fingerprint density at radius 2 is 0.780 bits per heavy atom. The zero-order valence-electron chi connectivity index (χ0n) is 27.9. The van der Waals surface area contributed by atoms with Gasteiger partial charge in [-0.2, -0.15) is 0 Å². The first-order chi connectivity index (χ1) is 18.7. The van der Waals surface area contributed by atoms with Crippen LogP contribution in [0, 0.1) is 0 Å². The van der Waals surface area contributed by atoms with Crippen molar-refractivity contribution in [1.82, 2.24) is 0 Å². The van der Waals surface area contributed by atoms with Gasteiger partial charge in [0.15, 0.2) is 0 Å². The summed E-state index contributed by atoms with van der Waals surface area (Å²) in [5.74, 6) is 0. The van der Waals surface area contributed by atoms with Crippen LogP contribution in [0.4, 0.5) is 0 Å². The molecule has 1 saturated heterocycles. The molecule has 7 nitrogen and oxygen atoms in total. The third-order valence-electron chi connectivity index (χ3n) is 7.29. The van der Waals surface area contributed by atoms with E-state index in [9.17, 15) is 0 Å². The van der Waals surface area contributed by atoms with Gasteiger partial charge in [-0.25, -0.2) is 0 Å². The Kier molecular flexibility index (Phi) is 15.3. The van der Waals surface area contributed by atoms with Crippen LogP contribution in [0.15, 0.2) is 49.1 Å². The molecule has 0 spiro atoms. The molecule has 0 aromatic rings. The first-order valence-corrected chi connectivity index (χ1v) is 33.9. The van der Waals surface area contributed by atoms with Crippen LogP contribution in [0.1, 0.15) is 19.3 Å². The molecule has 2 atom stereocenters. The molecule has 1 heterocycles. The van der Waals surface area contributed by atoms with Crippen molar-refractivity contribution in [2.45, 2.75) is 103 Å². The van der Waals surface area contributed by atoms with Crippen LogP contribution in [0.5, 0.6) is 0 Å². The Balaban J connectivity index is 3.18. The highest BCUT2D eigenvalue weighted by atomic mass is 28.5. The van der Waals surface area contributed by atoms with E-state index in [0.717, 1.165) is 37.4 Å². The van der Waals surface area contributed by atoms with E-state index >= 15 is 0 Å². The average molecular weight is 693 g/mol. The normalized spacial score (nSPS) is 29.8. The van der Waals surface area contributed by atoms with E-state index in [0.29, 0.717) is 19.8 Å². The average Bonchev–Trinajstić information content (AvgIpc) is 2.86. The lowest BCUT2D eigenvalue weighted by Crippen LogP contribution is -2.67. The summed E-state index contributed by atoms with van der Waals surface area (Å²) >= 11 is 0. The van der Waals surface area contributed by atoms with Gasteiger partial charge in [0.05, 0.1) is 0 Å². The molecule has 0 N–H and O–H groups in total. The molecule has 0 aliphatic carbocycles. The Hall–Kier alpha value is 0.198. The second kappa shape index (κ2) is 16.0. The topological polar surface area (TPSA) is 64.6 Å². The summed E-state index contributed by atoms with van der Waals surface area (Å²) in [6.45, 7) is 39.5. The van der Waals surface area contributed by atoms with Crippen molar-refractivity contribution in [2.24, 2.45) is 0 Å². The van der Waals surface area contributed by atoms with Gasteiger partial charge in [0.1, 0.15) is 0 Å². The number of hydrogen-bond acceptors (Lipinski definition) is 7. The summed E-state index contributed by atoms with van der Waals surface area (Å²) in [7, 11) is -16.4. The summed E-state index contributed by atoms with van der Waals surface area (Å²) in [6, 6.07) is 2.43. The minimum Gasteiger partial charge on any atom is -0.416 e. The number of rotatable bonds is 19. The van der Waals surface area contributed by atoms with Crippen LogP contribution in [0.2, 0.25) is 83.6 Å². The molecule has 1 aliphatic rings. The Labute approximate surface area is 259 Å². The predicted octanol–water partition coefficient (Wildman–Crippen LogP) is 8.09. The molecular weight excluding hydrogens is 633 g/mol. The van der Waals surface area contributed by atoms with Gasteiger partial charge in [0, 0.05) is 19.8 Å². The largest absolute Gasteiger partial charge is 0.416 e. The van der Waals surface area contributed by atoms with Gasteiger partial charge in [0.25, 0.3) is 0 Å². The van der Waals surface area contributed by atoms with Crippen molar-refractivity contribution in [3.05, 3.63) is 49.1 Å². The quantitative estimate of drug-likeness (QED) is 0.100. The molecule has 238 valence electrons. The predicted molar refractivity (Wildman–Crippen MR) is 190 cm³/mol. The molecule has 0 amide bonds. The van der Waals surface area contributed by atoms with Crippen molar-refractivity contribution in [2.75, 3.05) is 19.8 Å². The van der Waals surface area contributed by atoms with E-state index in [4.69, 9.17) is 29.7 Å².